The van der Waals surface area contributed by atoms with Crippen LogP contribution in [0.15, 0.2) is 40.8 Å². The van der Waals surface area contributed by atoms with Crippen molar-refractivity contribution in [2.75, 3.05) is 6.54 Å². The van der Waals surface area contributed by atoms with Crippen molar-refractivity contribution in [3.63, 3.8) is 0 Å². The summed E-state index contributed by atoms with van der Waals surface area (Å²) in [5.74, 6) is 1.19. The van der Waals surface area contributed by atoms with Crippen molar-refractivity contribution in [3.8, 4) is 17.1 Å². The van der Waals surface area contributed by atoms with Gasteiger partial charge in [0.15, 0.2) is 5.76 Å². The van der Waals surface area contributed by atoms with Gasteiger partial charge in [-0.15, -0.1) is 0 Å². The van der Waals surface area contributed by atoms with Gasteiger partial charge in [0.05, 0.1) is 15.7 Å². The van der Waals surface area contributed by atoms with Gasteiger partial charge < -0.3 is 9.73 Å². The summed E-state index contributed by atoms with van der Waals surface area (Å²) in [6, 6.07) is 10.5. The molecule has 142 valence electrons. The van der Waals surface area contributed by atoms with E-state index in [0.29, 0.717) is 39.4 Å². The van der Waals surface area contributed by atoms with E-state index in [1.165, 1.54) is 0 Å². The molecule has 7 heteroatoms. The third-order valence-corrected chi connectivity index (χ3v) is 4.89. The maximum atomic E-state index is 12.7. The third kappa shape index (κ3) is 4.54. The van der Waals surface area contributed by atoms with E-state index in [1.54, 1.807) is 28.9 Å². The highest BCUT2D eigenvalue weighted by Crippen LogP contribution is 2.27. The molecule has 0 bridgehead atoms. The first-order valence-corrected chi connectivity index (χ1v) is 9.65. The van der Waals surface area contributed by atoms with Crippen LogP contribution < -0.4 is 5.32 Å². The first-order chi connectivity index (χ1) is 13.0. The molecule has 0 aliphatic rings. The normalized spacial score (nSPS) is 11.0. The van der Waals surface area contributed by atoms with Gasteiger partial charge in [0.2, 0.25) is 0 Å². The number of hydrogen-bond donors (Lipinski definition) is 1. The molecule has 0 aliphatic heterocycles. The average molecular weight is 406 g/mol. The van der Waals surface area contributed by atoms with Crippen LogP contribution in [0.1, 0.15) is 42.4 Å². The molecule has 1 aromatic carbocycles. The second kappa shape index (κ2) is 8.63. The SMILES string of the molecule is CCCCCNC(=O)c1cc(-c2ccc(C)o2)nn1-c1ccc(Cl)c(Cl)c1. The number of aromatic nitrogens is 2. The molecule has 0 atom stereocenters. The molecule has 0 radical (unpaired) electrons. The van der Waals surface area contributed by atoms with Gasteiger partial charge >= 0.3 is 0 Å². The van der Waals surface area contributed by atoms with Crippen molar-refractivity contribution in [3.05, 3.63) is 57.9 Å². The predicted octanol–water partition coefficient (Wildman–Crippen LogP) is 5.67. The molecule has 1 amide bonds. The molecule has 0 fully saturated rings. The molecule has 0 spiro atoms. The number of rotatable bonds is 7. The molecule has 27 heavy (non-hydrogen) atoms. The smallest absolute Gasteiger partial charge is 0.270 e. The number of nitrogens with one attached hydrogen (secondary N) is 1. The lowest BCUT2D eigenvalue weighted by atomic mass is 10.2. The van der Waals surface area contributed by atoms with E-state index in [9.17, 15) is 4.79 Å². The second-order valence-corrected chi connectivity index (χ2v) is 7.11. The van der Waals surface area contributed by atoms with Crippen molar-refractivity contribution in [1.29, 1.82) is 0 Å². The van der Waals surface area contributed by atoms with E-state index < -0.39 is 0 Å². The van der Waals surface area contributed by atoms with Crippen molar-refractivity contribution in [2.45, 2.75) is 33.1 Å². The van der Waals surface area contributed by atoms with Crippen LogP contribution in [0.3, 0.4) is 0 Å². The van der Waals surface area contributed by atoms with Gasteiger partial charge in [-0.2, -0.15) is 5.10 Å². The first-order valence-electron chi connectivity index (χ1n) is 8.90. The Kier molecular flexibility index (Phi) is 6.24. The summed E-state index contributed by atoms with van der Waals surface area (Å²) in [5.41, 5.74) is 1.64. The molecule has 3 rings (SSSR count). The van der Waals surface area contributed by atoms with Crippen LogP contribution in [0.25, 0.3) is 17.1 Å². The fraction of sp³-hybridized carbons (Fsp3) is 0.300. The lowest BCUT2D eigenvalue weighted by Crippen LogP contribution is -2.26. The summed E-state index contributed by atoms with van der Waals surface area (Å²) in [6.07, 6.45) is 3.11. The van der Waals surface area contributed by atoms with E-state index in [0.717, 1.165) is 25.0 Å². The second-order valence-electron chi connectivity index (χ2n) is 6.30. The van der Waals surface area contributed by atoms with Gasteiger partial charge in [-0.1, -0.05) is 43.0 Å². The minimum atomic E-state index is -0.195. The van der Waals surface area contributed by atoms with E-state index in [-0.39, 0.29) is 5.91 Å². The Balaban J connectivity index is 1.97. The summed E-state index contributed by atoms with van der Waals surface area (Å²) in [5, 5.41) is 8.35. The third-order valence-electron chi connectivity index (χ3n) is 4.15. The molecule has 3 aromatic rings. The molecule has 1 N–H and O–H groups in total. The molecule has 0 unspecified atom stereocenters. The van der Waals surface area contributed by atoms with Gasteiger partial charge in [0.25, 0.3) is 5.91 Å². The van der Waals surface area contributed by atoms with Gasteiger partial charge in [-0.3, -0.25) is 4.79 Å². The first kappa shape index (κ1) is 19.5. The van der Waals surface area contributed by atoms with E-state index in [4.69, 9.17) is 27.6 Å². The zero-order valence-corrected chi connectivity index (χ0v) is 16.8. The number of halogens is 2. The standard InChI is InChI=1S/C20H21Cl2N3O2/c1-3-4-5-10-23-20(26)18-12-17(19-9-6-13(2)27-19)24-25(18)14-7-8-15(21)16(22)11-14/h6-9,11-12H,3-5,10H2,1-2H3,(H,23,26). The molecule has 2 aromatic heterocycles. The van der Waals surface area contributed by atoms with Crippen LogP contribution in [-0.2, 0) is 0 Å². The average Bonchev–Trinajstić information content (AvgIpc) is 3.27. The number of unbranched alkanes of at least 4 members (excludes halogenated alkanes) is 2. The molecule has 0 aliphatic carbocycles. The van der Waals surface area contributed by atoms with Crippen LogP contribution >= 0.6 is 23.2 Å². The highest BCUT2D eigenvalue weighted by Gasteiger charge is 2.19. The molecule has 0 saturated heterocycles. The Morgan fingerprint density at radius 2 is 1.96 bits per heavy atom. The van der Waals surface area contributed by atoms with Crippen LogP contribution in [-0.4, -0.2) is 22.2 Å². The summed E-state index contributed by atoms with van der Waals surface area (Å²) < 4.78 is 7.21. The Labute approximate surface area is 168 Å². The molecular formula is C20H21Cl2N3O2. The Morgan fingerprint density at radius 3 is 2.63 bits per heavy atom. The highest BCUT2D eigenvalue weighted by atomic mass is 35.5. The minimum absolute atomic E-state index is 0.195. The number of furan rings is 1. The van der Waals surface area contributed by atoms with Gasteiger partial charge in [-0.25, -0.2) is 4.68 Å². The Morgan fingerprint density at radius 1 is 1.15 bits per heavy atom. The fourth-order valence-electron chi connectivity index (χ4n) is 2.72. The zero-order chi connectivity index (χ0) is 19.4. The number of carbonyl (C=O) groups is 1. The predicted molar refractivity (Wildman–Crippen MR) is 108 cm³/mol. The van der Waals surface area contributed by atoms with Crippen molar-refractivity contribution < 1.29 is 9.21 Å². The molecule has 5 nitrogen and oxygen atoms in total. The lowest BCUT2D eigenvalue weighted by Gasteiger charge is -2.09. The van der Waals surface area contributed by atoms with Gasteiger partial charge in [-0.05, 0) is 43.7 Å². The van der Waals surface area contributed by atoms with Crippen LogP contribution in [0.5, 0.6) is 0 Å². The van der Waals surface area contributed by atoms with Crippen molar-refractivity contribution >= 4 is 29.1 Å². The molecule has 0 saturated carbocycles. The van der Waals surface area contributed by atoms with E-state index in [2.05, 4.69) is 17.3 Å². The van der Waals surface area contributed by atoms with Crippen molar-refractivity contribution in [2.24, 2.45) is 0 Å². The minimum Gasteiger partial charge on any atom is -0.460 e. The van der Waals surface area contributed by atoms with E-state index in [1.807, 2.05) is 19.1 Å². The Bertz CT molecular complexity index is 947. The largest absolute Gasteiger partial charge is 0.460 e. The van der Waals surface area contributed by atoms with E-state index >= 15 is 0 Å². The lowest BCUT2D eigenvalue weighted by molar-refractivity contribution is 0.0945. The molecular weight excluding hydrogens is 385 g/mol. The summed E-state index contributed by atoms with van der Waals surface area (Å²) in [4.78, 5) is 12.7. The maximum absolute atomic E-state index is 12.7. The summed E-state index contributed by atoms with van der Waals surface area (Å²) >= 11 is 12.2. The summed E-state index contributed by atoms with van der Waals surface area (Å²) in [7, 11) is 0. The number of hydrogen-bond acceptors (Lipinski definition) is 3. The number of benzene rings is 1. The van der Waals surface area contributed by atoms with Gasteiger partial charge in [0, 0.05) is 12.6 Å². The van der Waals surface area contributed by atoms with Crippen LogP contribution in [0.2, 0.25) is 10.0 Å². The topological polar surface area (TPSA) is 60.1 Å². The highest BCUT2D eigenvalue weighted by molar-refractivity contribution is 6.42. The number of carbonyl (C=O) groups excluding carboxylic acids is 1. The number of aryl methyl sites for hydroxylation is 1. The van der Waals surface area contributed by atoms with Crippen LogP contribution in [0, 0.1) is 6.92 Å². The Hall–Kier alpha value is -2.24. The number of nitrogens with zero attached hydrogens (tertiary/aromatic N) is 2. The van der Waals surface area contributed by atoms with Crippen molar-refractivity contribution in [1.82, 2.24) is 15.1 Å². The number of amides is 1. The van der Waals surface area contributed by atoms with Crippen LogP contribution in [0.4, 0.5) is 0 Å². The maximum Gasteiger partial charge on any atom is 0.270 e. The fourth-order valence-corrected chi connectivity index (χ4v) is 3.01. The molecule has 2 heterocycles. The van der Waals surface area contributed by atoms with Gasteiger partial charge in [0.1, 0.15) is 17.1 Å². The zero-order valence-electron chi connectivity index (χ0n) is 15.3. The monoisotopic (exact) mass is 405 g/mol. The summed E-state index contributed by atoms with van der Waals surface area (Å²) in [6.45, 7) is 4.61. The quantitative estimate of drug-likeness (QED) is 0.515.